The summed E-state index contributed by atoms with van der Waals surface area (Å²) < 4.78 is 4.91. The van der Waals surface area contributed by atoms with Crippen LogP contribution in [0.2, 0.25) is 0 Å². The third kappa shape index (κ3) is 3.51. The van der Waals surface area contributed by atoms with Crippen LogP contribution in [0.4, 0.5) is 0 Å². The summed E-state index contributed by atoms with van der Waals surface area (Å²) >= 11 is 0. The summed E-state index contributed by atoms with van der Waals surface area (Å²) in [6, 6.07) is 4.26. The van der Waals surface area contributed by atoms with Gasteiger partial charge in [-0.25, -0.2) is 4.79 Å². The van der Waals surface area contributed by atoms with Crippen LogP contribution in [0.15, 0.2) is 24.3 Å². The van der Waals surface area contributed by atoms with Gasteiger partial charge in [0.05, 0.1) is 12.8 Å². The molecule has 1 amide bonds. The number of carbonyl (C=O) groups is 2. The smallest absolute Gasteiger partial charge is 0.330 e. The summed E-state index contributed by atoms with van der Waals surface area (Å²) in [5.74, 6) is -1.46. The lowest BCUT2D eigenvalue weighted by molar-refractivity contribution is -0.131. The van der Waals surface area contributed by atoms with Crippen molar-refractivity contribution in [3.63, 3.8) is 0 Å². The molecule has 3 N–H and O–H groups in total. The number of aromatic hydroxyl groups is 1. The number of aliphatic carboxylic acids is 1. The highest BCUT2D eigenvalue weighted by molar-refractivity contribution is 5.94. The predicted molar refractivity (Wildman–Crippen MR) is 64.1 cm³/mol. The molecule has 0 aliphatic rings. The van der Waals surface area contributed by atoms with Gasteiger partial charge in [0.15, 0.2) is 11.5 Å². The number of benzene rings is 1. The van der Waals surface area contributed by atoms with Gasteiger partial charge in [-0.1, -0.05) is 0 Å². The second-order valence-corrected chi connectivity index (χ2v) is 3.46. The average Bonchev–Trinajstić information content (AvgIpc) is 2.27. The van der Waals surface area contributed by atoms with Crippen molar-refractivity contribution in [1.82, 2.24) is 5.32 Å². The Kier molecular flexibility index (Phi) is 4.31. The summed E-state index contributed by atoms with van der Waals surface area (Å²) in [6.07, 6.45) is 0.868. The van der Waals surface area contributed by atoms with E-state index in [-0.39, 0.29) is 17.2 Å². The Morgan fingerprint density at radius 3 is 2.56 bits per heavy atom. The number of hydrogen-bond donors (Lipinski definition) is 3. The van der Waals surface area contributed by atoms with Crippen molar-refractivity contribution >= 4 is 17.6 Å². The molecule has 0 aliphatic heterocycles. The van der Waals surface area contributed by atoms with Crippen LogP contribution in [0, 0.1) is 0 Å². The van der Waals surface area contributed by atoms with E-state index in [9.17, 15) is 14.7 Å². The Labute approximate surface area is 104 Å². The lowest BCUT2D eigenvalue weighted by Crippen LogP contribution is -2.19. The summed E-state index contributed by atoms with van der Waals surface area (Å²) in [5.41, 5.74) is 0.538. The van der Waals surface area contributed by atoms with E-state index in [2.05, 4.69) is 5.32 Å². The molecular weight excluding hydrogens is 238 g/mol. The van der Waals surface area contributed by atoms with Gasteiger partial charge >= 0.3 is 5.97 Å². The van der Waals surface area contributed by atoms with Crippen LogP contribution in [-0.2, 0) is 9.59 Å². The zero-order valence-corrected chi connectivity index (χ0v) is 9.93. The minimum absolute atomic E-state index is 0.0706. The summed E-state index contributed by atoms with van der Waals surface area (Å²) in [4.78, 5) is 21.7. The number of hydrogen-bond acceptors (Lipinski definition) is 4. The lowest BCUT2D eigenvalue weighted by atomic mass is 10.1. The lowest BCUT2D eigenvalue weighted by Gasteiger charge is -2.10. The normalized spacial score (nSPS) is 10.9. The number of phenolic OH excluding ortho intramolecular Hbond substituents is 1. The summed E-state index contributed by atoms with van der Waals surface area (Å²) in [6.45, 7) is 1.27. The molecule has 6 nitrogen and oxygen atoms in total. The molecule has 1 aromatic rings. The van der Waals surface area contributed by atoms with Crippen molar-refractivity contribution in [2.45, 2.75) is 6.92 Å². The monoisotopic (exact) mass is 251 g/mol. The van der Waals surface area contributed by atoms with Gasteiger partial charge in [0, 0.05) is 18.6 Å². The fourth-order valence-corrected chi connectivity index (χ4v) is 1.35. The van der Waals surface area contributed by atoms with Crippen molar-refractivity contribution in [1.29, 1.82) is 0 Å². The zero-order chi connectivity index (χ0) is 13.7. The fraction of sp³-hybridized carbons (Fsp3) is 0.167. The van der Waals surface area contributed by atoms with E-state index in [4.69, 9.17) is 9.84 Å². The van der Waals surface area contributed by atoms with Gasteiger partial charge in [-0.05, 0) is 18.2 Å². The Bertz CT molecular complexity index is 507. The first-order valence-corrected chi connectivity index (χ1v) is 5.03. The maximum Gasteiger partial charge on any atom is 0.330 e. The number of rotatable bonds is 4. The number of amides is 1. The van der Waals surface area contributed by atoms with Crippen LogP contribution in [0.5, 0.6) is 11.5 Å². The number of nitrogens with one attached hydrogen (secondary N) is 1. The number of methoxy groups -OCH3 is 1. The first-order valence-electron chi connectivity index (χ1n) is 5.03. The SMILES string of the molecule is COc1cc(C(=CC(=O)O)NC(C)=O)ccc1O. The van der Waals surface area contributed by atoms with Crippen LogP contribution in [0.3, 0.4) is 0 Å². The molecule has 0 saturated heterocycles. The van der Waals surface area contributed by atoms with Gasteiger partial charge in [-0.2, -0.15) is 0 Å². The molecule has 0 spiro atoms. The molecule has 18 heavy (non-hydrogen) atoms. The van der Waals surface area contributed by atoms with E-state index in [1.54, 1.807) is 0 Å². The Balaban J connectivity index is 3.21. The Hall–Kier alpha value is -2.50. The van der Waals surface area contributed by atoms with Gasteiger partial charge in [-0.15, -0.1) is 0 Å². The van der Waals surface area contributed by atoms with Crippen LogP contribution in [-0.4, -0.2) is 29.2 Å². The maximum absolute atomic E-state index is 11.0. The van der Waals surface area contributed by atoms with Crippen molar-refractivity contribution < 1.29 is 24.5 Å². The molecule has 0 radical (unpaired) electrons. The molecule has 0 heterocycles. The molecule has 0 fully saturated rings. The van der Waals surface area contributed by atoms with E-state index in [1.807, 2.05) is 0 Å². The van der Waals surface area contributed by atoms with Crippen LogP contribution >= 0.6 is 0 Å². The maximum atomic E-state index is 11.0. The van der Waals surface area contributed by atoms with Crippen LogP contribution in [0.25, 0.3) is 5.70 Å². The number of carboxylic acids is 1. The molecule has 96 valence electrons. The summed E-state index contributed by atoms with van der Waals surface area (Å²) in [5, 5.41) is 20.6. The van der Waals surface area contributed by atoms with Crippen molar-refractivity contribution in [3.05, 3.63) is 29.8 Å². The second kappa shape index (κ2) is 5.72. The highest BCUT2D eigenvalue weighted by atomic mass is 16.5. The Morgan fingerprint density at radius 1 is 1.39 bits per heavy atom. The molecule has 6 heteroatoms. The molecule has 0 saturated carbocycles. The van der Waals surface area contributed by atoms with E-state index >= 15 is 0 Å². The van der Waals surface area contributed by atoms with Gasteiger partial charge in [0.1, 0.15) is 0 Å². The topological polar surface area (TPSA) is 95.9 Å². The van der Waals surface area contributed by atoms with Crippen LogP contribution < -0.4 is 10.1 Å². The minimum Gasteiger partial charge on any atom is -0.504 e. The third-order valence-electron chi connectivity index (χ3n) is 2.07. The first kappa shape index (κ1) is 13.6. The molecule has 1 aromatic carbocycles. The standard InChI is InChI=1S/C12H13NO5/c1-7(14)13-9(6-12(16)17)8-3-4-10(15)11(5-8)18-2/h3-6,15H,1-2H3,(H,13,14)(H,16,17). The Morgan fingerprint density at radius 2 is 2.06 bits per heavy atom. The molecular formula is C12H13NO5. The highest BCUT2D eigenvalue weighted by Gasteiger charge is 2.09. The number of phenols is 1. The zero-order valence-electron chi connectivity index (χ0n) is 9.93. The van der Waals surface area contributed by atoms with Crippen molar-refractivity contribution in [3.8, 4) is 11.5 Å². The largest absolute Gasteiger partial charge is 0.504 e. The predicted octanol–water partition coefficient (Wildman–Crippen LogP) is 0.962. The van der Waals surface area contributed by atoms with E-state index < -0.39 is 11.9 Å². The van der Waals surface area contributed by atoms with E-state index in [1.165, 1.54) is 32.2 Å². The van der Waals surface area contributed by atoms with Gasteiger partial charge in [0.25, 0.3) is 0 Å². The van der Waals surface area contributed by atoms with Crippen molar-refractivity contribution in [2.75, 3.05) is 7.11 Å². The third-order valence-corrected chi connectivity index (χ3v) is 2.07. The molecule has 0 bridgehead atoms. The minimum atomic E-state index is -1.19. The summed E-state index contributed by atoms with van der Waals surface area (Å²) in [7, 11) is 1.37. The second-order valence-electron chi connectivity index (χ2n) is 3.46. The number of carbonyl (C=O) groups excluding carboxylic acids is 1. The quantitative estimate of drug-likeness (QED) is 0.693. The van der Waals surface area contributed by atoms with Crippen LogP contribution in [0.1, 0.15) is 12.5 Å². The van der Waals surface area contributed by atoms with Gasteiger partial charge in [0.2, 0.25) is 5.91 Å². The highest BCUT2D eigenvalue weighted by Crippen LogP contribution is 2.28. The molecule has 0 unspecified atom stereocenters. The molecule has 1 rings (SSSR count). The average molecular weight is 251 g/mol. The molecule has 0 atom stereocenters. The fourth-order valence-electron chi connectivity index (χ4n) is 1.35. The van der Waals surface area contributed by atoms with Crippen molar-refractivity contribution in [2.24, 2.45) is 0 Å². The first-order chi connectivity index (χ1) is 8.43. The molecule has 0 aromatic heterocycles. The number of ether oxygens (including phenoxy) is 1. The van der Waals surface area contributed by atoms with E-state index in [0.717, 1.165) is 6.08 Å². The molecule has 0 aliphatic carbocycles. The van der Waals surface area contributed by atoms with Gasteiger partial charge in [-0.3, -0.25) is 4.79 Å². The number of carboxylic acid groups (broad SMARTS) is 1. The van der Waals surface area contributed by atoms with E-state index in [0.29, 0.717) is 5.56 Å². The van der Waals surface area contributed by atoms with Gasteiger partial charge < -0.3 is 20.3 Å².